The number of likely N-dealkylation sites (tertiary alicyclic amines) is 1. The predicted octanol–water partition coefficient (Wildman–Crippen LogP) is 3.30. The molecule has 0 atom stereocenters. The summed E-state index contributed by atoms with van der Waals surface area (Å²) in [6.07, 6.45) is 1.67. The second-order valence-corrected chi connectivity index (χ2v) is 7.30. The molecule has 4 rings (SSSR count). The van der Waals surface area contributed by atoms with Crippen LogP contribution in [0.1, 0.15) is 28.8 Å². The monoisotopic (exact) mass is 392 g/mol. The maximum atomic E-state index is 12.9. The van der Waals surface area contributed by atoms with Gasteiger partial charge in [0.15, 0.2) is 17.3 Å². The van der Waals surface area contributed by atoms with Crippen LogP contribution in [0.2, 0.25) is 0 Å². The first-order chi connectivity index (χ1) is 14.2. The number of rotatable bonds is 6. The molecule has 2 aliphatic rings. The van der Waals surface area contributed by atoms with E-state index in [4.69, 9.17) is 19.5 Å². The Morgan fingerprint density at radius 2 is 1.86 bits per heavy atom. The fourth-order valence-electron chi connectivity index (χ4n) is 3.82. The van der Waals surface area contributed by atoms with Crippen LogP contribution in [0.4, 0.5) is 0 Å². The van der Waals surface area contributed by atoms with E-state index >= 15 is 0 Å². The Morgan fingerprint density at radius 3 is 2.66 bits per heavy atom. The first kappa shape index (κ1) is 19.3. The van der Waals surface area contributed by atoms with Crippen LogP contribution in [0.5, 0.6) is 17.2 Å². The van der Waals surface area contributed by atoms with Crippen LogP contribution in [0.15, 0.2) is 42.5 Å². The maximum absolute atomic E-state index is 12.9. The largest absolute Gasteiger partial charge is 0.491 e. The van der Waals surface area contributed by atoms with E-state index in [1.807, 2.05) is 36.4 Å². The highest BCUT2D eigenvalue weighted by Gasteiger charge is 2.26. The summed E-state index contributed by atoms with van der Waals surface area (Å²) in [5, 5.41) is 9.12. The molecule has 6 heteroatoms. The number of piperidine rings is 1. The molecule has 0 saturated carbocycles. The second-order valence-electron chi connectivity index (χ2n) is 7.30. The molecule has 0 aromatic heterocycles. The number of fused-ring (bicyclic) bond motifs is 1. The number of carbonyl (C=O) groups is 1. The van der Waals surface area contributed by atoms with Crippen LogP contribution in [0.25, 0.3) is 0 Å². The summed E-state index contributed by atoms with van der Waals surface area (Å²) in [6, 6.07) is 14.9. The Morgan fingerprint density at radius 1 is 1.10 bits per heavy atom. The second kappa shape index (κ2) is 8.97. The molecule has 0 spiro atoms. The van der Waals surface area contributed by atoms with Crippen molar-refractivity contribution in [1.82, 2.24) is 4.90 Å². The molecule has 0 aliphatic carbocycles. The number of nitriles is 1. The van der Waals surface area contributed by atoms with Crippen LogP contribution >= 0.6 is 0 Å². The fraction of sp³-hybridized carbons (Fsp3) is 0.391. The SMILES string of the molecule is N#Cc1ccccc1OCCN1CCC(C(=O)c2ccc3c(c2)OCCO3)CC1. The molecular formula is C23H24N2O4. The molecule has 0 N–H and O–H groups in total. The third kappa shape index (κ3) is 4.52. The zero-order valence-corrected chi connectivity index (χ0v) is 16.3. The van der Waals surface area contributed by atoms with E-state index < -0.39 is 0 Å². The summed E-state index contributed by atoms with van der Waals surface area (Å²) in [6.45, 7) is 4.10. The number of Topliss-reactive ketones (excluding diaryl/α,β-unsaturated/α-hetero) is 1. The average Bonchev–Trinajstić information content (AvgIpc) is 2.79. The number of hydrogen-bond acceptors (Lipinski definition) is 6. The number of para-hydroxylation sites is 1. The van der Waals surface area contributed by atoms with Gasteiger partial charge in [0, 0.05) is 18.0 Å². The van der Waals surface area contributed by atoms with Gasteiger partial charge in [-0.2, -0.15) is 5.26 Å². The average molecular weight is 392 g/mol. The number of hydrogen-bond donors (Lipinski definition) is 0. The van der Waals surface area contributed by atoms with Crippen molar-refractivity contribution in [3.05, 3.63) is 53.6 Å². The Bertz CT molecular complexity index is 913. The summed E-state index contributed by atoms with van der Waals surface area (Å²) in [5.74, 6) is 2.21. The van der Waals surface area contributed by atoms with Crippen molar-refractivity contribution in [2.75, 3.05) is 39.5 Å². The van der Waals surface area contributed by atoms with Gasteiger partial charge >= 0.3 is 0 Å². The van der Waals surface area contributed by atoms with Crippen molar-refractivity contribution in [3.63, 3.8) is 0 Å². The van der Waals surface area contributed by atoms with E-state index in [9.17, 15) is 4.79 Å². The highest BCUT2D eigenvalue weighted by Crippen LogP contribution is 2.32. The van der Waals surface area contributed by atoms with Crippen molar-refractivity contribution >= 4 is 5.78 Å². The van der Waals surface area contributed by atoms with E-state index in [1.54, 1.807) is 6.07 Å². The molecule has 2 aromatic rings. The lowest BCUT2D eigenvalue weighted by Gasteiger charge is -2.31. The first-order valence-corrected chi connectivity index (χ1v) is 10.0. The molecule has 2 aromatic carbocycles. The lowest BCUT2D eigenvalue weighted by molar-refractivity contribution is 0.0826. The van der Waals surface area contributed by atoms with Gasteiger partial charge in [0.2, 0.25) is 0 Å². The van der Waals surface area contributed by atoms with E-state index in [0.29, 0.717) is 48.2 Å². The van der Waals surface area contributed by atoms with Crippen LogP contribution in [0, 0.1) is 17.2 Å². The third-order valence-corrected chi connectivity index (χ3v) is 5.46. The van der Waals surface area contributed by atoms with Gasteiger partial charge in [-0.3, -0.25) is 9.69 Å². The van der Waals surface area contributed by atoms with Gasteiger partial charge in [0.25, 0.3) is 0 Å². The number of benzene rings is 2. The Kier molecular flexibility index (Phi) is 5.97. The number of ether oxygens (including phenoxy) is 3. The lowest BCUT2D eigenvalue weighted by atomic mass is 9.88. The van der Waals surface area contributed by atoms with Crippen LogP contribution in [-0.2, 0) is 0 Å². The Balaban J connectivity index is 1.26. The zero-order valence-electron chi connectivity index (χ0n) is 16.3. The highest BCUT2D eigenvalue weighted by atomic mass is 16.6. The van der Waals surface area contributed by atoms with Crippen molar-refractivity contribution in [2.24, 2.45) is 5.92 Å². The summed E-state index contributed by atoms with van der Waals surface area (Å²) in [5.41, 5.74) is 1.25. The molecule has 1 saturated heterocycles. The summed E-state index contributed by atoms with van der Waals surface area (Å²) in [7, 11) is 0. The van der Waals surface area contributed by atoms with E-state index in [1.165, 1.54) is 0 Å². The molecule has 29 heavy (non-hydrogen) atoms. The van der Waals surface area contributed by atoms with Gasteiger partial charge in [0.05, 0.1) is 5.56 Å². The third-order valence-electron chi connectivity index (χ3n) is 5.46. The fourth-order valence-corrected chi connectivity index (χ4v) is 3.82. The Hall–Kier alpha value is -3.04. The zero-order chi connectivity index (χ0) is 20.1. The Labute approximate surface area is 170 Å². The topological polar surface area (TPSA) is 71.8 Å². The van der Waals surface area contributed by atoms with Crippen LogP contribution < -0.4 is 14.2 Å². The molecular weight excluding hydrogens is 368 g/mol. The van der Waals surface area contributed by atoms with Crippen molar-refractivity contribution in [2.45, 2.75) is 12.8 Å². The molecule has 6 nitrogen and oxygen atoms in total. The maximum Gasteiger partial charge on any atom is 0.166 e. The van der Waals surface area contributed by atoms with E-state index in [2.05, 4.69) is 11.0 Å². The van der Waals surface area contributed by atoms with Gasteiger partial charge in [-0.1, -0.05) is 12.1 Å². The van der Waals surface area contributed by atoms with Crippen molar-refractivity contribution in [3.8, 4) is 23.3 Å². The number of carbonyl (C=O) groups excluding carboxylic acids is 1. The normalized spacial score (nSPS) is 16.8. The molecule has 0 amide bonds. The van der Waals surface area contributed by atoms with E-state index in [-0.39, 0.29) is 11.7 Å². The van der Waals surface area contributed by atoms with Crippen LogP contribution in [-0.4, -0.2) is 50.1 Å². The number of ketones is 1. The molecule has 1 fully saturated rings. The standard InChI is InChI=1S/C23H24N2O4/c24-16-19-3-1-2-4-20(19)27-12-11-25-9-7-17(8-10-25)23(26)18-5-6-21-22(15-18)29-14-13-28-21/h1-6,15,17H,7-14H2. The van der Waals surface area contributed by atoms with Crippen LogP contribution in [0.3, 0.4) is 0 Å². The van der Waals surface area contributed by atoms with Gasteiger partial charge in [-0.05, 0) is 56.3 Å². The van der Waals surface area contributed by atoms with Gasteiger partial charge in [-0.15, -0.1) is 0 Å². The minimum Gasteiger partial charge on any atom is -0.491 e. The minimum absolute atomic E-state index is 0.0362. The molecule has 0 unspecified atom stereocenters. The quantitative estimate of drug-likeness (QED) is 0.703. The lowest BCUT2D eigenvalue weighted by Crippen LogP contribution is -2.38. The van der Waals surface area contributed by atoms with Crippen molar-refractivity contribution < 1.29 is 19.0 Å². The molecule has 0 bridgehead atoms. The minimum atomic E-state index is 0.0362. The number of nitrogens with zero attached hydrogens (tertiary/aromatic N) is 2. The van der Waals surface area contributed by atoms with Gasteiger partial charge in [-0.25, -0.2) is 0 Å². The summed E-state index contributed by atoms with van der Waals surface area (Å²) < 4.78 is 16.9. The summed E-state index contributed by atoms with van der Waals surface area (Å²) >= 11 is 0. The van der Waals surface area contributed by atoms with Gasteiger partial charge in [0.1, 0.15) is 31.6 Å². The molecule has 2 aliphatic heterocycles. The van der Waals surface area contributed by atoms with E-state index in [0.717, 1.165) is 32.5 Å². The highest BCUT2D eigenvalue weighted by molar-refractivity contribution is 5.98. The predicted molar refractivity (Wildman–Crippen MR) is 108 cm³/mol. The smallest absolute Gasteiger partial charge is 0.166 e. The molecule has 150 valence electrons. The summed E-state index contributed by atoms with van der Waals surface area (Å²) in [4.78, 5) is 15.2. The molecule has 0 radical (unpaired) electrons. The van der Waals surface area contributed by atoms with Crippen molar-refractivity contribution in [1.29, 1.82) is 5.26 Å². The molecule has 2 heterocycles. The first-order valence-electron chi connectivity index (χ1n) is 10.0. The van der Waals surface area contributed by atoms with Gasteiger partial charge < -0.3 is 14.2 Å².